The Morgan fingerprint density at radius 1 is 1.22 bits per heavy atom. The zero-order valence-electron chi connectivity index (χ0n) is 13.7. The smallest absolute Gasteiger partial charge is 0.251 e. The van der Waals surface area contributed by atoms with E-state index < -0.39 is 5.82 Å². The van der Waals surface area contributed by atoms with Crippen molar-refractivity contribution in [3.05, 3.63) is 29.6 Å². The molecule has 0 aliphatic heterocycles. The number of anilines is 1. The van der Waals surface area contributed by atoms with Crippen molar-refractivity contribution in [1.82, 2.24) is 10.6 Å². The van der Waals surface area contributed by atoms with Gasteiger partial charge in [-0.15, -0.1) is 12.4 Å². The minimum atomic E-state index is -0.611. The second-order valence-electron chi connectivity index (χ2n) is 5.55. The Balaban J connectivity index is 0.00000484. The van der Waals surface area contributed by atoms with Gasteiger partial charge in [0.15, 0.2) is 0 Å². The van der Waals surface area contributed by atoms with Crippen molar-refractivity contribution in [3.63, 3.8) is 0 Å². The molecule has 1 aromatic carbocycles. The third-order valence-corrected chi connectivity index (χ3v) is 2.99. The highest BCUT2D eigenvalue weighted by Gasteiger charge is 2.12. The van der Waals surface area contributed by atoms with E-state index in [1.807, 2.05) is 20.9 Å². The second-order valence-corrected chi connectivity index (χ2v) is 5.55. The van der Waals surface area contributed by atoms with E-state index in [0.717, 1.165) is 19.0 Å². The third-order valence-electron chi connectivity index (χ3n) is 2.99. The largest absolute Gasteiger partial charge is 0.352 e. The van der Waals surface area contributed by atoms with E-state index >= 15 is 0 Å². The highest BCUT2D eigenvalue weighted by Crippen LogP contribution is 2.16. The van der Waals surface area contributed by atoms with E-state index in [9.17, 15) is 14.0 Å². The van der Waals surface area contributed by atoms with Crippen LogP contribution in [0, 0.1) is 11.7 Å². The van der Waals surface area contributed by atoms with Crippen molar-refractivity contribution in [2.24, 2.45) is 5.92 Å². The number of hydrogen-bond donors (Lipinski definition) is 3. The normalized spacial score (nSPS) is 10.1. The SMILES string of the molecule is CNCCCNC(=O)c1ccc(NC(=O)CC(C)C)c(F)c1.Cl. The first-order valence-corrected chi connectivity index (χ1v) is 7.46. The van der Waals surface area contributed by atoms with Crippen molar-refractivity contribution in [1.29, 1.82) is 0 Å². The summed E-state index contributed by atoms with van der Waals surface area (Å²) in [5.74, 6) is -0.973. The molecular weight excluding hydrogens is 321 g/mol. The number of hydrogen-bond acceptors (Lipinski definition) is 3. The maximum atomic E-state index is 13.9. The summed E-state index contributed by atoms with van der Waals surface area (Å²) in [5, 5.41) is 8.21. The molecule has 130 valence electrons. The summed E-state index contributed by atoms with van der Waals surface area (Å²) < 4.78 is 13.9. The Bertz CT molecular complexity index is 524. The lowest BCUT2D eigenvalue weighted by Gasteiger charge is -2.10. The van der Waals surface area contributed by atoms with E-state index in [0.29, 0.717) is 13.0 Å². The maximum absolute atomic E-state index is 13.9. The van der Waals surface area contributed by atoms with Gasteiger partial charge in [-0.25, -0.2) is 4.39 Å². The van der Waals surface area contributed by atoms with Gasteiger partial charge < -0.3 is 16.0 Å². The van der Waals surface area contributed by atoms with Gasteiger partial charge in [0.1, 0.15) is 5.82 Å². The first kappa shape index (κ1) is 21.3. The number of halogens is 2. The van der Waals surface area contributed by atoms with Crippen molar-refractivity contribution >= 4 is 29.9 Å². The quantitative estimate of drug-likeness (QED) is 0.634. The van der Waals surface area contributed by atoms with Gasteiger partial charge in [0.2, 0.25) is 5.91 Å². The van der Waals surface area contributed by atoms with Gasteiger partial charge in [-0.1, -0.05) is 13.8 Å². The monoisotopic (exact) mass is 345 g/mol. The number of carbonyl (C=O) groups is 2. The number of benzene rings is 1. The van der Waals surface area contributed by atoms with Crippen molar-refractivity contribution < 1.29 is 14.0 Å². The molecule has 0 spiro atoms. The molecule has 2 amide bonds. The van der Waals surface area contributed by atoms with Gasteiger partial charge >= 0.3 is 0 Å². The van der Waals surface area contributed by atoms with Crippen LogP contribution in [-0.4, -0.2) is 32.0 Å². The van der Waals surface area contributed by atoms with Crippen LogP contribution in [0.1, 0.15) is 37.0 Å². The third kappa shape index (κ3) is 7.95. The Kier molecular flexibility index (Phi) is 10.2. The molecule has 0 aromatic heterocycles. The molecule has 0 saturated heterocycles. The minimum absolute atomic E-state index is 0. The lowest BCUT2D eigenvalue weighted by Crippen LogP contribution is -2.26. The van der Waals surface area contributed by atoms with Crippen LogP contribution in [-0.2, 0) is 4.79 Å². The van der Waals surface area contributed by atoms with Crippen LogP contribution < -0.4 is 16.0 Å². The summed E-state index contributed by atoms with van der Waals surface area (Å²) in [6.45, 7) is 5.15. The standard InChI is InChI=1S/C16H24FN3O2.ClH/c1-11(2)9-15(21)20-14-6-5-12(10-13(14)17)16(22)19-8-4-7-18-3;/h5-6,10-11,18H,4,7-9H2,1-3H3,(H,19,22)(H,20,21);1H. The van der Waals surface area contributed by atoms with Crippen LogP contribution >= 0.6 is 12.4 Å². The minimum Gasteiger partial charge on any atom is -0.352 e. The van der Waals surface area contributed by atoms with E-state index in [2.05, 4.69) is 16.0 Å². The average molecular weight is 346 g/mol. The lowest BCUT2D eigenvalue weighted by molar-refractivity contribution is -0.116. The van der Waals surface area contributed by atoms with Crippen LogP contribution in [0.15, 0.2) is 18.2 Å². The first-order chi connectivity index (χ1) is 10.4. The van der Waals surface area contributed by atoms with Crippen LogP contribution in [0.25, 0.3) is 0 Å². The van der Waals surface area contributed by atoms with E-state index in [-0.39, 0.29) is 41.4 Å². The molecule has 0 fully saturated rings. The molecule has 7 heteroatoms. The zero-order chi connectivity index (χ0) is 16.5. The van der Waals surface area contributed by atoms with Crippen LogP contribution in [0.3, 0.4) is 0 Å². The molecule has 0 aliphatic carbocycles. The molecule has 0 unspecified atom stereocenters. The van der Waals surface area contributed by atoms with Gasteiger partial charge in [0.05, 0.1) is 5.69 Å². The Labute approximate surface area is 142 Å². The fourth-order valence-electron chi connectivity index (χ4n) is 1.90. The topological polar surface area (TPSA) is 70.2 Å². The van der Waals surface area contributed by atoms with Crippen LogP contribution in [0.5, 0.6) is 0 Å². The summed E-state index contributed by atoms with van der Waals surface area (Å²) in [6.07, 6.45) is 1.13. The van der Waals surface area contributed by atoms with Gasteiger partial charge in [0.25, 0.3) is 5.91 Å². The molecule has 0 aliphatic rings. The zero-order valence-corrected chi connectivity index (χ0v) is 14.6. The highest BCUT2D eigenvalue weighted by molar-refractivity contribution is 5.96. The van der Waals surface area contributed by atoms with Crippen LogP contribution in [0.4, 0.5) is 10.1 Å². The van der Waals surface area contributed by atoms with Gasteiger partial charge in [0, 0.05) is 18.5 Å². The van der Waals surface area contributed by atoms with Gasteiger partial charge in [-0.05, 0) is 44.1 Å². The molecule has 0 atom stereocenters. The van der Waals surface area contributed by atoms with Gasteiger partial charge in [-0.2, -0.15) is 0 Å². The van der Waals surface area contributed by atoms with Crippen molar-refractivity contribution in [2.45, 2.75) is 26.7 Å². The summed E-state index contributed by atoms with van der Waals surface area (Å²) in [6, 6.07) is 4.05. The summed E-state index contributed by atoms with van der Waals surface area (Å²) in [4.78, 5) is 23.5. The molecule has 0 radical (unpaired) electrons. The average Bonchev–Trinajstić information content (AvgIpc) is 2.44. The molecule has 0 bridgehead atoms. The number of carbonyl (C=O) groups excluding carboxylic acids is 2. The fraction of sp³-hybridized carbons (Fsp3) is 0.500. The molecule has 3 N–H and O–H groups in total. The Hall–Kier alpha value is -1.66. The predicted octanol–water partition coefficient (Wildman–Crippen LogP) is 2.57. The summed E-state index contributed by atoms with van der Waals surface area (Å²) in [5.41, 5.74) is 0.334. The Morgan fingerprint density at radius 2 is 1.91 bits per heavy atom. The predicted molar refractivity (Wildman–Crippen MR) is 92.6 cm³/mol. The number of amides is 2. The molecule has 0 heterocycles. The lowest BCUT2D eigenvalue weighted by atomic mass is 10.1. The summed E-state index contributed by atoms with van der Waals surface area (Å²) in [7, 11) is 1.84. The molecule has 1 aromatic rings. The fourth-order valence-corrected chi connectivity index (χ4v) is 1.90. The second kappa shape index (κ2) is 11.0. The van der Waals surface area contributed by atoms with Crippen molar-refractivity contribution in [2.75, 3.05) is 25.5 Å². The molecular formula is C16H25ClFN3O2. The summed E-state index contributed by atoms with van der Waals surface area (Å²) >= 11 is 0. The van der Waals surface area contributed by atoms with Crippen LogP contribution in [0.2, 0.25) is 0 Å². The molecule has 5 nitrogen and oxygen atoms in total. The van der Waals surface area contributed by atoms with Crippen molar-refractivity contribution in [3.8, 4) is 0 Å². The number of rotatable bonds is 8. The van der Waals surface area contributed by atoms with Gasteiger partial charge in [-0.3, -0.25) is 9.59 Å². The van der Waals surface area contributed by atoms with E-state index in [1.165, 1.54) is 12.1 Å². The maximum Gasteiger partial charge on any atom is 0.251 e. The molecule has 23 heavy (non-hydrogen) atoms. The highest BCUT2D eigenvalue weighted by atomic mass is 35.5. The number of nitrogens with one attached hydrogen (secondary N) is 3. The molecule has 1 rings (SSSR count). The molecule has 0 saturated carbocycles. The Morgan fingerprint density at radius 3 is 2.48 bits per heavy atom. The first-order valence-electron chi connectivity index (χ1n) is 7.46. The van der Waals surface area contributed by atoms with E-state index in [1.54, 1.807) is 0 Å². The van der Waals surface area contributed by atoms with E-state index in [4.69, 9.17) is 0 Å².